The first-order valence-corrected chi connectivity index (χ1v) is 5.11. The molecule has 5 nitrogen and oxygen atoms in total. The van der Waals surface area contributed by atoms with Crippen molar-refractivity contribution in [2.75, 3.05) is 5.73 Å². The fourth-order valence-electron chi connectivity index (χ4n) is 1.53. The van der Waals surface area contributed by atoms with Crippen molar-refractivity contribution in [3.63, 3.8) is 0 Å². The van der Waals surface area contributed by atoms with Crippen LogP contribution in [-0.4, -0.2) is 9.78 Å². The Kier molecular flexibility index (Phi) is 3.06. The van der Waals surface area contributed by atoms with Gasteiger partial charge in [-0.15, -0.1) is 0 Å². The Hall–Kier alpha value is -2.68. The molecular formula is C12H9FN4O. The second kappa shape index (κ2) is 4.67. The fourth-order valence-corrected chi connectivity index (χ4v) is 1.53. The van der Waals surface area contributed by atoms with Gasteiger partial charge < -0.3 is 5.73 Å². The van der Waals surface area contributed by atoms with Gasteiger partial charge in [-0.05, 0) is 23.8 Å². The number of nitrogens with zero attached hydrogens (tertiary/aromatic N) is 3. The molecule has 2 N–H and O–H groups in total. The summed E-state index contributed by atoms with van der Waals surface area (Å²) in [6, 6.07) is 6.94. The molecule has 0 saturated heterocycles. The molecule has 0 aliphatic carbocycles. The summed E-state index contributed by atoms with van der Waals surface area (Å²) in [5.41, 5.74) is 5.98. The lowest BCUT2D eigenvalue weighted by Crippen LogP contribution is -2.23. The van der Waals surface area contributed by atoms with Crippen molar-refractivity contribution in [3.8, 4) is 6.07 Å². The molecule has 0 atom stereocenters. The Balaban J connectivity index is 2.43. The zero-order valence-corrected chi connectivity index (χ0v) is 9.30. The summed E-state index contributed by atoms with van der Waals surface area (Å²) >= 11 is 0. The van der Waals surface area contributed by atoms with E-state index in [4.69, 9.17) is 11.0 Å². The fraction of sp³-hybridized carbons (Fsp3) is 0.0833. The molecule has 2 aromatic rings. The van der Waals surface area contributed by atoms with Crippen LogP contribution in [0.4, 0.5) is 10.1 Å². The van der Waals surface area contributed by atoms with Crippen LogP contribution in [0.25, 0.3) is 0 Å². The minimum absolute atomic E-state index is 0.0275. The van der Waals surface area contributed by atoms with Crippen molar-refractivity contribution in [2.24, 2.45) is 0 Å². The molecular weight excluding hydrogens is 235 g/mol. The summed E-state index contributed by atoms with van der Waals surface area (Å²) in [6.07, 6.45) is 1.33. The first-order valence-electron chi connectivity index (χ1n) is 5.11. The van der Waals surface area contributed by atoms with Gasteiger partial charge in [-0.1, -0.05) is 0 Å². The number of halogens is 1. The van der Waals surface area contributed by atoms with E-state index in [1.54, 1.807) is 0 Å². The highest BCUT2D eigenvalue weighted by Crippen LogP contribution is 2.11. The number of benzene rings is 1. The number of nitriles is 1. The van der Waals surface area contributed by atoms with Gasteiger partial charge in [0.1, 0.15) is 5.82 Å². The Morgan fingerprint density at radius 1 is 1.44 bits per heavy atom. The van der Waals surface area contributed by atoms with Crippen molar-refractivity contribution in [2.45, 2.75) is 6.54 Å². The monoisotopic (exact) mass is 244 g/mol. The molecule has 1 aromatic heterocycles. The molecule has 0 radical (unpaired) electrons. The maximum absolute atomic E-state index is 13.1. The maximum atomic E-state index is 13.1. The van der Waals surface area contributed by atoms with E-state index < -0.39 is 11.4 Å². The molecule has 90 valence electrons. The molecule has 0 bridgehead atoms. The molecule has 0 saturated carbocycles. The standard InChI is InChI=1S/C12H9FN4O/c13-10-2-1-8(5-14)9(3-10)7-17-12(18)4-11(15)6-16-17/h1-4,6H,7,15H2. The highest BCUT2D eigenvalue weighted by molar-refractivity contribution is 5.38. The summed E-state index contributed by atoms with van der Waals surface area (Å²) in [4.78, 5) is 11.6. The average molecular weight is 244 g/mol. The highest BCUT2D eigenvalue weighted by Gasteiger charge is 2.06. The Morgan fingerprint density at radius 2 is 2.22 bits per heavy atom. The third kappa shape index (κ3) is 2.35. The molecule has 0 amide bonds. The van der Waals surface area contributed by atoms with Crippen molar-refractivity contribution in [3.05, 3.63) is 57.8 Å². The molecule has 0 fully saturated rings. The average Bonchev–Trinajstić information content (AvgIpc) is 2.33. The van der Waals surface area contributed by atoms with Crippen molar-refractivity contribution < 1.29 is 4.39 Å². The molecule has 0 spiro atoms. The number of rotatable bonds is 2. The van der Waals surface area contributed by atoms with E-state index in [0.717, 1.165) is 4.68 Å². The molecule has 2 rings (SSSR count). The predicted octanol–water partition coefficient (Wildman–Crippen LogP) is 0.885. The largest absolute Gasteiger partial charge is 0.397 e. The quantitative estimate of drug-likeness (QED) is 0.849. The summed E-state index contributed by atoms with van der Waals surface area (Å²) in [5.74, 6) is -0.465. The summed E-state index contributed by atoms with van der Waals surface area (Å²) < 4.78 is 14.2. The molecule has 0 aliphatic rings. The van der Waals surface area contributed by atoms with Crippen LogP contribution in [0.3, 0.4) is 0 Å². The molecule has 6 heteroatoms. The van der Waals surface area contributed by atoms with Gasteiger partial charge in [-0.25, -0.2) is 9.07 Å². The SMILES string of the molecule is N#Cc1ccc(F)cc1Cn1ncc(N)cc1=O. The van der Waals surface area contributed by atoms with Gasteiger partial charge in [0.15, 0.2) is 0 Å². The Bertz CT molecular complexity index is 687. The van der Waals surface area contributed by atoms with Gasteiger partial charge >= 0.3 is 0 Å². The lowest BCUT2D eigenvalue weighted by atomic mass is 10.1. The van der Waals surface area contributed by atoms with Crippen LogP contribution in [0.2, 0.25) is 0 Å². The van der Waals surface area contributed by atoms with Crippen LogP contribution in [0.5, 0.6) is 0 Å². The third-order valence-corrected chi connectivity index (χ3v) is 2.40. The normalized spacial score (nSPS) is 10.0. The second-order valence-corrected chi connectivity index (χ2v) is 3.70. The van der Waals surface area contributed by atoms with Gasteiger partial charge in [-0.2, -0.15) is 10.4 Å². The number of anilines is 1. The minimum Gasteiger partial charge on any atom is -0.397 e. The number of hydrogen-bond acceptors (Lipinski definition) is 4. The van der Waals surface area contributed by atoms with E-state index in [9.17, 15) is 9.18 Å². The summed E-state index contributed by atoms with van der Waals surface area (Å²) in [7, 11) is 0. The zero-order chi connectivity index (χ0) is 13.1. The van der Waals surface area contributed by atoms with E-state index in [1.807, 2.05) is 6.07 Å². The lowest BCUT2D eigenvalue weighted by molar-refractivity contribution is 0.610. The van der Waals surface area contributed by atoms with E-state index in [1.165, 1.54) is 30.5 Å². The highest BCUT2D eigenvalue weighted by atomic mass is 19.1. The molecule has 0 unspecified atom stereocenters. The van der Waals surface area contributed by atoms with E-state index in [0.29, 0.717) is 11.1 Å². The number of nitrogens with two attached hydrogens (primary N) is 1. The summed E-state index contributed by atoms with van der Waals surface area (Å²) in [6.45, 7) is 0.0275. The second-order valence-electron chi connectivity index (χ2n) is 3.70. The van der Waals surface area contributed by atoms with E-state index >= 15 is 0 Å². The lowest BCUT2D eigenvalue weighted by Gasteiger charge is -2.06. The third-order valence-electron chi connectivity index (χ3n) is 2.40. The van der Waals surface area contributed by atoms with Gasteiger partial charge in [-0.3, -0.25) is 4.79 Å². The Labute approximate surface area is 102 Å². The zero-order valence-electron chi connectivity index (χ0n) is 9.30. The van der Waals surface area contributed by atoms with Crippen LogP contribution in [0, 0.1) is 17.1 Å². The van der Waals surface area contributed by atoms with Crippen LogP contribution in [0.15, 0.2) is 35.3 Å². The first-order chi connectivity index (χ1) is 8.60. The number of aromatic nitrogens is 2. The van der Waals surface area contributed by atoms with E-state index in [-0.39, 0.29) is 12.2 Å². The smallest absolute Gasteiger partial charge is 0.269 e. The van der Waals surface area contributed by atoms with Gasteiger partial charge in [0, 0.05) is 6.07 Å². The van der Waals surface area contributed by atoms with Gasteiger partial charge in [0.25, 0.3) is 5.56 Å². The van der Waals surface area contributed by atoms with Crippen LogP contribution in [-0.2, 0) is 6.54 Å². The molecule has 1 aromatic carbocycles. The van der Waals surface area contributed by atoms with Gasteiger partial charge in [0.05, 0.1) is 30.1 Å². The first kappa shape index (κ1) is 11.8. The number of nitrogen functional groups attached to an aromatic ring is 1. The molecule has 1 heterocycles. The number of hydrogen-bond donors (Lipinski definition) is 1. The van der Waals surface area contributed by atoms with Crippen molar-refractivity contribution in [1.29, 1.82) is 5.26 Å². The minimum atomic E-state index is -0.465. The van der Waals surface area contributed by atoms with Crippen LogP contribution in [0.1, 0.15) is 11.1 Å². The summed E-state index contributed by atoms with van der Waals surface area (Å²) in [5, 5.41) is 12.7. The Morgan fingerprint density at radius 3 is 2.89 bits per heavy atom. The van der Waals surface area contributed by atoms with Crippen LogP contribution >= 0.6 is 0 Å². The predicted molar refractivity (Wildman–Crippen MR) is 63.1 cm³/mol. The van der Waals surface area contributed by atoms with Crippen molar-refractivity contribution in [1.82, 2.24) is 9.78 Å². The molecule has 0 aliphatic heterocycles. The van der Waals surface area contributed by atoms with E-state index in [2.05, 4.69) is 5.10 Å². The van der Waals surface area contributed by atoms with Crippen LogP contribution < -0.4 is 11.3 Å². The topological polar surface area (TPSA) is 84.7 Å². The van der Waals surface area contributed by atoms with Gasteiger partial charge in [0.2, 0.25) is 0 Å². The molecule has 18 heavy (non-hydrogen) atoms. The maximum Gasteiger partial charge on any atom is 0.269 e. The van der Waals surface area contributed by atoms with Crippen molar-refractivity contribution >= 4 is 5.69 Å².